The smallest absolute Gasteiger partial charge is 0.0116 e. The molecule has 2 rings (SSSR count). The molecule has 0 aliphatic heterocycles. The zero-order chi connectivity index (χ0) is 8.72. The van der Waals surface area contributed by atoms with Crippen LogP contribution in [0.3, 0.4) is 0 Å². The molecule has 0 nitrogen and oxygen atoms in total. The Balaban J connectivity index is 2.20. The standard InChI is InChI=1S/C12H17/c1-8-4-11-6-9(2)10(3)7-12(11)5-8/h4-5,9-10H,6-7H2,1-3H3. The van der Waals surface area contributed by atoms with Crippen LogP contribution < -0.4 is 0 Å². The Kier molecular flexibility index (Phi) is 1.86. The first-order valence-electron chi connectivity index (χ1n) is 4.92. The summed E-state index contributed by atoms with van der Waals surface area (Å²) in [6.45, 7) is 6.94. The lowest BCUT2D eigenvalue weighted by Crippen LogP contribution is -2.14. The van der Waals surface area contributed by atoms with E-state index in [-0.39, 0.29) is 0 Å². The molecule has 0 spiro atoms. The lowest BCUT2D eigenvalue weighted by molar-refractivity contribution is 0.366. The van der Waals surface area contributed by atoms with Gasteiger partial charge in [-0.2, -0.15) is 0 Å². The van der Waals surface area contributed by atoms with Gasteiger partial charge in [-0.1, -0.05) is 31.1 Å². The van der Waals surface area contributed by atoms with E-state index in [1.165, 1.54) is 18.4 Å². The van der Waals surface area contributed by atoms with Crippen LogP contribution in [0, 0.1) is 18.3 Å². The fourth-order valence-electron chi connectivity index (χ4n) is 2.25. The third kappa shape index (κ3) is 1.24. The highest BCUT2D eigenvalue weighted by Crippen LogP contribution is 2.40. The molecule has 0 aromatic heterocycles. The Labute approximate surface area is 75.4 Å². The van der Waals surface area contributed by atoms with Crippen molar-refractivity contribution in [3.63, 3.8) is 0 Å². The van der Waals surface area contributed by atoms with Gasteiger partial charge in [0.1, 0.15) is 0 Å². The van der Waals surface area contributed by atoms with Crippen LogP contribution in [0.1, 0.15) is 33.6 Å². The molecule has 0 fully saturated rings. The largest absolute Gasteiger partial charge is 0.0649 e. The van der Waals surface area contributed by atoms with Crippen molar-refractivity contribution < 1.29 is 0 Å². The van der Waals surface area contributed by atoms with Crippen LogP contribution >= 0.6 is 0 Å². The highest BCUT2D eigenvalue weighted by atomic mass is 14.3. The van der Waals surface area contributed by atoms with Gasteiger partial charge in [0, 0.05) is 6.42 Å². The van der Waals surface area contributed by atoms with Crippen molar-refractivity contribution in [3.8, 4) is 0 Å². The maximum Gasteiger partial charge on any atom is 0.0116 e. The molecule has 0 amide bonds. The lowest BCUT2D eigenvalue weighted by Gasteiger charge is -2.27. The van der Waals surface area contributed by atoms with Crippen molar-refractivity contribution in [1.82, 2.24) is 0 Å². The molecule has 0 saturated heterocycles. The SMILES string of the molecule is CC1=CC2=C([CH]1)CC(C)C(C)C2. The molecule has 2 aliphatic rings. The Morgan fingerprint density at radius 1 is 1.08 bits per heavy atom. The van der Waals surface area contributed by atoms with E-state index in [2.05, 4.69) is 33.3 Å². The van der Waals surface area contributed by atoms with Crippen molar-refractivity contribution in [2.45, 2.75) is 33.6 Å². The molecule has 0 aromatic carbocycles. The number of allylic oxidation sites excluding steroid dienone is 4. The molecule has 2 aliphatic carbocycles. The van der Waals surface area contributed by atoms with Gasteiger partial charge in [-0.15, -0.1) is 0 Å². The van der Waals surface area contributed by atoms with Gasteiger partial charge in [-0.05, 0) is 37.2 Å². The summed E-state index contributed by atoms with van der Waals surface area (Å²) < 4.78 is 0. The summed E-state index contributed by atoms with van der Waals surface area (Å²) in [6, 6.07) is 0. The molecule has 0 heterocycles. The van der Waals surface area contributed by atoms with E-state index in [0.717, 1.165) is 11.8 Å². The van der Waals surface area contributed by atoms with Gasteiger partial charge in [0.25, 0.3) is 0 Å². The summed E-state index contributed by atoms with van der Waals surface area (Å²) in [6.07, 6.45) is 7.31. The van der Waals surface area contributed by atoms with Gasteiger partial charge < -0.3 is 0 Å². The van der Waals surface area contributed by atoms with Crippen LogP contribution in [0.4, 0.5) is 0 Å². The number of hydrogen-bond donors (Lipinski definition) is 0. The zero-order valence-electron chi connectivity index (χ0n) is 8.22. The quantitative estimate of drug-likeness (QED) is 0.510. The summed E-state index contributed by atoms with van der Waals surface area (Å²) in [4.78, 5) is 0. The molecule has 0 N–H and O–H groups in total. The van der Waals surface area contributed by atoms with Gasteiger partial charge in [-0.25, -0.2) is 0 Å². The van der Waals surface area contributed by atoms with Crippen LogP contribution in [0.25, 0.3) is 0 Å². The van der Waals surface area contributed by atoms with E-state index in [1.54, 1.807) is 11.1 Å². The van der Waals surface area contributed by atoms with Crippen LogP contribution in [0.15, 0.2) is 22.8 Å². The van der Waals surface area contributed by atoms with Gasteiger partial charge >= 0.3 is 0 Å². The van der Waals surface area contributed by atoms with Gasteiger partial charge in [0.05, 0.1) is 0 Å². The summed E-state index contributed by atoms with van der Waals surface area (Å²) >= 11 is 0. The summed E-state index contributed by atoms with van der Waals surface area (Å²) in [5.41, 5.74) is 4.66. The highest BCUT2D eigenvalue weighted by Gasteiger charge is 2.25. The third-order valence-corrected chi connectivity index (χ3v) is 3.27. The molecule has 2 atom stereocenters. The minimum atomic E-state index is 0.874. The van der Waals surface area contributed by atoms with E-state index in [1.807, 2.05) is 0 Å². The summed E-state index contributed by atoms with van der Waals surface area (Å²) in [5.74, 6) is 1.75. The maximum atomic E-state index is 2.37. The first-order chi connectivity index (χ1) is 5.66. The molecule has 0 aromatic rings. The second-order valence-corrected chi connectivity index (χ2v) is 4.45. The summed E-state index contributed by atoms with van der Waals surface area (Å²) in [5, 5.41) is 0. The first-order valence-corrected chi connectivity index (χ1v) is 4.92. The first kappa shape index (κ1) is 8.10. The highest BCUT2D eigenvalue weighted by molar-refractivity contribution is 5.48. The molecule has 2 unspecified atom stereocenters. The Morgan fingerprint density at radius 2 is 1.67 bits per heavy atom. The topological polar surface area (TPSA) is 0 Å². The van der Waals surface area contributed by atoms with Crippen molar-refractivity contribution >= 4 is 0 Å². The second-order valence-electron chi connectivity index (χ2n) is 4.45. The van der Waals surface area contributed by atoms with Crippen LogP contribution in [0.2, 0.25) is 0 Å². The van der Waals surface area contributed by atoms with E-state index in [0.29, 0.717) is 0 Å². The average Bonchev–Trinajstić information content (AvgIpc) is 2.30. The Morgan fingerprint density at radius 3 is 2.33 bits per heavy atom. The molecule has 1 radical (unpaired) electrons. The molecule has 0 saturated carbocycles. The number of rotatable bonds is 0. The van der Waals surface area contributed by atoms with Crippen LogP contribution in [-0.2, 0) is 0 Å². The van der Waals surface area contributed by atoms with Gasteiger partial charge in [0.15, 0.2) is 0 Å². The average molecular weight is 161 g/mol. The molecular weight excluding hydrogens is 144 g/mol. The minimum absolute atomic E-state index is 0.874. The molecular formula is C12H17. The second kappa shape index (κ2) is 2.76. The van der Waals surface area contributed by atoms with Crippen molar-refractivity contribution in [2.75, 3.05) is 0 Å². The molecule has 12 heavy (non-hydrogen) atoms. The van der Waals surface area contributed by atoms with Gasteiger partial charge in [-0.3, -0.25) is 0 Å². The fourth-order valence-corrected chi connectivity index (χ4v) is 2.25. The Bertz CT molecular complexity index is 255. The third-order valence-electron chi connectivity index (χ3n) is 3.27. The predicted molar refractivity (Wildman–Crippen MR) is 52.6 cm³/mol. The monoisotopic (exact) mass is 161 g/mol. The predicted octanol–water partition coefficient (Wildman–Crippen LogP) is 3.51. The zero-order valence-corrected chi connectivity index (χ0v) is 8.22. The van der Waals surface area contributed by atoms with E-state index >= 15 is 0 Å². The van der Waals surface area contributed by atoms with E-state index in [4.69, 9.17) is 0 Å². The number of hydrogen-bond acceptors (Lipinski definition) is 0. The van der Waals surface area contributed by atoms with Crippen LogP contribution in [-0.4, -0.2) is 0 Å². The normalized spacial score (nSPS) is 35.1. The van der Waals surface area contributed by atoms with Crippen molar-refractivity contribution in [3.05, 3.63) is 29.2 Å². The maximum absolute atomic E-state index is 2.37. The van der Waals surface area contributed by atoms with E-state index < -0.39 is 0 Å². The minimum Gasteiger partial charge on any atom is -0.0649 e. The van der Waals surface area contributed by atoms with Crippen molar-refractivity contribution in [2.24, 2.45) is 11.8 Å². The lowest BCUT2D eigenvalue weighted by atomic mass is 9.79. The van der Waals surface area contributed by atoms with Crippen molar-refractivity contribution in [1.29, 1.82) is 0 Å². The fraction of sp³-hybridized carbons (Fsp3) is 0.583. The molecule has 0 bridgehead atoms. The van der Waals surface area contributed by atoms with E-state index in [9.17, 15) is 0 Å². The summed E-state index contributed by atoms with van der Waals surface area (Å²) in [7, 11) is 0. The van der Waals surface area contributed by atoms with Gasteiger partial charge in [0.2, 0.25) is 0 Å². The molecule has 65 valence electrons. The van der Waals surface area contributed by atoms with Crippen LogP contribution in [0.5, 0.6) is 0 Å². The Hall–Kier alpha value is -0.520. The molecule has 0 heteroatoms.